The summed E-state index contributed by atoms with van der Waals surface area (Å²) in [6, 6.07) is 17.2. The highest BCUT2D eigenvalue weighted by Crippen LogP contribution is 2.41. The van der Waals surface area contributed by atoms with E-state index in [4.69, 9.17) is 0 Å². The molecule has 0 aliphatic carbocycles. The molecule has 0 saturated heterocycles. The van der Waals surface area contributed by atoms with Crippen LogP contribution in [0.5, 0.6) is 0 Å². The highest BCUT2D eigenvalue weighted by atomic mass is 32.1. The van der Waals surface area contributed by atoms with Crippen LogP contribution in [0.4, 0.5) is 0 Å². The summed E-state index contributed by atoms with van der Waals surface area (Å²) in [4.78, 5) is 22.4. The van der Waals surface area contributed by atoms with Gasteiger partial charge in [0.2, 0.25) is 0 Å². The van der Waals surface area contributed by atoms with Gasteiger partial charge in [-0.2, -0.15) is 10.2 Å². The third-order valence-electron chi connectivity index (χ3n) is 18.4. The van der Waals surface area contributed by atoms with Crippen LogP contribution in [0, 0.1) is 0 Å². The molecular weight excluding hydrogens is 1530 g/mol. The standard InChI is InChI=1S/4C13H21N.C12H21N.C12H20S.2C11H20N2.8C2H6/c2*1-12(2,3)10-7-8-14-9-11(10)13(4,5)6;2*1-12(2,3)10-8-7-9-14-11(10)13(4,5)6;2*1-11(2,3)9-7-8-13-10(9)12(4,5)6;2*1-10(2,3)8-7-12-13-9(8)11(4,5)6;8*1-2/h4*7-9H,1-6H3;7-8,13H,1-6H3;7-8H,1-6H3;2*7H,1-6H3,(H,12,13);8*1-2H3. The van der Waals surface area contributed by atoms with Crippen molar-refractivity contribution in [3.05, 3.63) is 199 Å². The number of aromatic nitrogens is 9. The van der Waals surface area contributed by atoms with Crippen LogP contribution >= 0.6 is 11.3 Å². The molecule has 3 N–H and O–H groups in total. The highest BCUT2D eigenvalue weighted by molar-refractivity contribution is 7.10. The van der Waals surface area contributed by atoms with Gasteiger partial charge in [-0.15, -0.1) is 11.3 Å². The quantitative estimate of drug-likeness (QED) is 0.139. The molecule has 8 heterocycles. The van der Waals surface area contributed by atoms with Crippen LogP contribution in [0.1, 0.15) is 532 Å². The number of thiophene rings is 1. The molecule has 0 spiro atoms. The third-order valence-corrected chi connectivity index (χ3v) is 19.7. The predicted molar refractivity (Wildman–Crippen MR) is 569 cm³/mol. The molecule has 0 bridgehead atoms. The summed E-state index contributed by atoms with van der Waals surface area (Å²) in [6.45, 7) is 139. The fourth-order valence-electron chi connectivity index (χ4n) is 12.5. The molecule has 0 unspecified atom stereocenters. The van der Waals surface area contributed by atoms with Gasteiger partial charge in [0, 0.05) is 104 Å². The first-order valence-electron chi connectivity index (χ1n) is 48.0. The second-order valence-electron chi connectivity index (χ2n) is 46.4. The number of rotatable bonds is 0. The lowest BCUT2D eigenvalue weighted by Crippen LogP contribution is -2.23. The second-order valence-corrected chi connectivity index (χ2v) is 47.3. The van der Waals surface area contributed by atoms with Gasteiger partial charge < -0.3 is 4.98 Å². The van der Waals surface area contributed by atoms with Gasteiger partial charge in [-0.1, -0.05) is 455 Å². The van der Waals surface area contributed by atoms with Crippen LogP contribution in [0.15, 0.2) is 110 Å². The van der Waals surface area contributed by atoms with Crippen molar-refractivity contribution in [3.8, 4) is 0 Å². The van der Waals surface area contributed by atoms with Crippen molar-refractivity contribution in [1.82, 2.24) is 45.3 Å². The van der Waals surface area contributed by atoms with E-state index in [1.165, 1.54) is 89.0 Å². The third kappa shape index (κ3) is 50.7. The van der Waals surface area contributed by atoms with E-state index in [-0.39, 0.29) is 86.6 Å². The minimum atomic E-state index is 0.129. The van der Waals surface area contributed by atoms with Crippen molar-refractivity contribution in [2.45, 2.75) is 530 Å². The van der Waals surface area contributed by atoms with Crippen molar-refractivity contribution in [2.24, 2.45) is 0 Å². The Hall–Kier alpha value is -6.00. The number of nitrogens with zero attached hydrogens (tertiary/aromatic N) is 6. The van der Waals surface area contributed by atoms with Gasteiger partial charge in [-0.25, -0.2) is 0 Å². The summed E-state index contributed by atoms with van der Waals surface area (Å²) in [5.41, 5.74) is 23.1. The van der Waals surface area contributed by atoms with Gasteiger partial charge in [-0.05, 0) is 157 Å². The first-order valence-corrected chi connectivity index (χ1v) is 48.9. The van der Waals surface area contributed by atoms with Crippen LogP contribution in [0.25, 0.3) is 0 Å². The summed E-state index contributed by atoms with van der Waals surface area (Å²) >= 11 is 1.88. The van der Waals surface area contributed by atoms with Crippen LogP contribution in [0.2, 0.25) is 0 Å². The molecule has 0 aliphatic rings. The van der Waals surface area contributed by atoms with Gasteiger partial charge in [0.1, 0.15) is 0 Å². The van der Waals surface area contributed by atoms with Gasteiger partial charge in [-0.3, -0.25) is 30.1 Å². The molecule has 9 nitrogen and oxygen atoms in total. The molecule has 0 aliphatic heterocycles. The van der Waals surface area contributed by atoms with Crippen LogP contribution in [-0.4, -0.2) is 45.3 Å². The lowest BCUT2D eigenvalue weighted by molar-refractivity contribution is 0.514. The topological polar surface area (TPSA) is 125 Å². The monoisotopic (exact) mass is 1740 g/mol. The van der Waals surface area contributed by atoms with Crippen molar-refractivity contribution < 1.29 is 0 Å². The Morgan fingerprint density at radius 2 is 0.460 bits per heavy atom. The number of hydrogen-bond acceptors (Lipinski definition) is 7. The Morgan fingerprint density at radius 3 is 0.637 bits per heavy atom. The normalized spacial score (nSPS) is 11.9. The van der Waals surface area contributed by atoms with E-state index in [1.807, 2.05) is 190 Å². The zero-order valence-electron chi connectivity index (χ0n) is 95.0. The van der Waals surface area contributed by atoms with Crippen molar-refractivity contribution in [2.75, 3.05) is 0 Å². The van der Waals surface area contributed by atoms with Crippen molar-refractivity contribution >= 4 is 11.3 Å². The van der Waals surface area contributed by atoms with Crippen LogP contribution in [0.3, 0.4) is 0 Å². The average molecular weight is 1740 g/mol. The largest absolute Gasteiger partial charge is 0.364 e. The molecule has 8 rings (SSSR count). The van der Waals surface area contributed by atoms with Gasteiger partial charge in [0.05, 0.1) is 12.4 Å². The Bertz CT molecular complexity index is 3180. The Morgan fingerprint density at radius 1 is 0.210 bits per heavy atom. The number of hydrogen-bond donors (Lipinski definition) is 3. The summed E-state index contributed by atoms with van der Waals surface area (Å²) < 4.78 is 0. The summed E-state index contributed by atoms with van der Waals surface area (Å²) in [6.07, 6.45) is 17.5. The molecule has 124 heavy (non-hydrogen) atoms. The summed E-state index contributed by atoms with van der Waals surface area (Å²) in [5, 5.41) is 16.7. The maximum absolute atomic E-state index is 4.52. The number of aromatic amines is 3. The predicted octanol–water partition coefficient (Wildman–Crippen LogP) is 36.9. The average Bonchev–Trinajstić information content (AvgIpc) is 1.15. The fraction of sp³-hybridized carbons (Fsp3) is 0.702. The van der Waals surface area contributed by atoms with E-state index < -0.39 is 0 Å². The lowest BCUT2D eigenvalue weighted by Gasteiger charge is -2.29. The van der Waals surface area contributed by atoms with E-state index in [1.54, 1.807) is 0 Å². The fourth-order valence-corrected chi connectivity index (χ4v) is 13.7. The molecule has 720 valence electrons. The zero-order chi connectivity index (χ0) is 101. The first kappa shape index (κ1) is 133. The van der Waals surface area contributed by atoms with Crippen molar-refractivity contribution in [1.29, 1.82) is 0 Å². The van der Waals surface area contributed by atoms with Crippen LogP contribution in [-0.2, 0) is 86.6 Å². The molecule has 0 saturated carbocycles. The van der Waals surface area contributed by atoms with E-state index in [0.717, 1.165) is 0 Å². The van der Waals surface area contributed by atoms with E-state index >= 15 is 0 Å². The smallest absolute Gasteiger partial charge is 0.0527 e. The van der Waals surface area contributed by atoms with E-state index in [0.29, 0.717) is 0 Å². The first-order chi connectivity index (χ1) is 55.8. The maximum Gasteiger partial charge on any atom is 0.0527 e. The molecule has 8 aromatic heterocycles. The zero-order valence-corrected chi connectivity index (χ0v) is 95.8. The van der Waals surface area contributed by atoms with Gasteiger partial charge in [0.15, 0.2) is 0 Å². The number of pyridine rings is 4. The second kappa shape index (κ2) is 57.1. The summed E-state index contributed by atoms with van der Waals surface area (Å²) in [7, 11) is 0. The Balaban J connectivity index is -0.000000202. The SMILES string of the molecule is CC.CC.CC.CC.CC.CC.CC.CC.CC(C)(C)c1cc[nH]c1C(C)(C)C.CC(C)(C)c1cccnc1C(C)(C)C.CC(C)(C)c1cccnc1C(C)(C)C.CC(C)(C)c1ccncc1C(C)(C)C.CC(C)(C)c1ccncc1C(C)(C)C.CC(C)(C)c1ccsc1C(C)(C)C.CC(C)(C)c1cn[nH]c1C(C)(C)C.CC(C)(C)c1cn[nH]c1C(C)(C)C. The number of H-pyrrole nitrogens is 3. The Kier molecular flexibility index (Phi) is 61.5. The van der Waals surface area contributed by atoms with Gasteiger partial charge >= 0.3 is 0 Å². The highest BCUT2D eigenvalue weighted by Gasteiger charge is 2.33. The minimum Gasteiger partial charge on any atom is -0.364 e. The van der Waals surface area contributed by atoms with E-state index in [9.17, 15) is 0 Å². The molecular formula is C114H213N9S. The lowest BCUT2D eigenvalue weighted by atomic mass is 9.76. The summed E-state index contributed by atoms with van der Waals surface area (Å²) in [5.74, 6) is 0. The molecule has 0 aromatic carbocycles. The molecule has 0 atom stereocenters. The molecule has 10 heteroatoms. The van der Waals surface area contributed by atoms with E-state index in [2.05, 4.69) is 419 Å². The molecule has 0 amide bonds. The van der Waals surface area contributed by atoms with Crippen LogP contribution < -0.4 is 0 Å². The molecule has 0 fully saturated rings. The molecule has 8 aromatic rings. The minimum absolute atomic E-state index is 0.129. The maximum atomic E-state index is 4.52. The van der Waals surface area contributed by atoms with Gasteiger partial charge in [0.25, 0.3) is 0 Å². The molecule has 0 radical (unpaired) electrons. The Labute approximate surface area is 780 Å². The number of nitrogens with one attached hydrogen (secondary N) is 3. The van der Waals surface area contributed by atoms with Crippen molar-refractivity contribution in [3.63, 3.8) is 0 Å².